The molecule has 0 aliphatic carbocycles. The lowest BCUT2D eigenvalue weighted by atomic mass is 10.1. The molecule has 1 saturated heterocycles. The first kappa shape index (κ1) is 11.3. The summed E-state index contributed by atoms with van der Waals surface area (Å²) in [7, 11) is 0. The molecule has 4 heteroatoms. The summed E-state index contributed by atoms with van der Waals surface area (Å²) < 4.78 is 11.2. The van der Waals surface area contributed by atoms with Crippen LogP contribution in [-0.4, -0.2) is 37.1 Å². The number of ether oxygens (including phenoxy) is 2. The molecule has 0 aromatic rings. The molecule has 0 aromatic carbocycles. The second kappa shape index (κ2) is 4.64. The second-order valence-corrected chi connectivity index (χ2v) is 4.73. The predicted octanol–water partition coefficient (Wildman–Crippen LogP) is 1.08. The summed E-state index contributed by atoms with van der Waals surface area (Å²) in [5.41, 5.74) is 5.68. The van der Waals surface area contributed by atoms with E-state index in [1.807, 2.05) is 13.8 Å². The van der Waals surface area contributed by atoms with Crippen molar-refractivity contribution in [3.8, 4) is 0 Å². The van der Waals surface area contributed by atoms with Crippen molar-refractivity contribution in [3.05, 3.63) is 0 Å². The number of hydrogen-bond acceptors (Lipinski definition) is 4. The first-order valence-electron chi connectivity index (χ1n) is 4.60. The van der Waals surface area contributed by atoms with Gasteiger partial charge in [0, 0.05) is 5.92 Å². The molecule has 0 spiro atoms. The molecule has 0 aromatic heterocycles. The van der Waals surface area contributed by atoms with E-state index in [2.05, 4.69) is 6.26 Å². The molecule has 0 radical (unpaired) electrons. The Labute approximate surface area is 84.3 Å². The maximum Gasteiger partial charge on any atom is 0.163 e. The van der Waals surface area contributed by atoms with Gasteiger partial charge in [-0.25, -0.2) is 0 Å². The van der Waals surface area contributed by atoms with E-state index in [0.29, 0.717) is 19.1 Å². The Kier molecular flexibility index (Phi) is 4.04. The zero-order valence-electron chi connectivity index (χ0n) is 8.58. The van der Waals surface area contributed by atoms with Gasteiger partial charge in [-0.2, -0.15) is 11.8 Å². The minimum absolute atomic E-state index is 0.174. The molecule has 0 amide bonds. The van der Waals surface area contributed by atoms with Gasteiger partial charge < -0.3 is 15.2 Å². The molecule has 1 rings (SSSR count). The van der Waals surface area contributed by atoms with Gasteiger partial charge in [0.15, 0.2) is 5.79 Å². The van der Waals surface area contributed by atoms with Crippen LogP contribution >= 0.6 is 11.8 Å². The summed E-state index contributed by atoms with van der Waals surface area (Å²) in [6, 6.07) is 0. The second-order valence-electron chi connectivity index (χ2n) is 3.82. The van der Waals surface area contributed by atoms with Crippen LogP contribution in [0.25, 0.3) is 0 Å². The topological polar surface area (TPSA) is 44.5 Å². The fraction of sp³-hybridized carbons (Fsp3) is 1.00. The van der Waals surface area contributed by atoms with Crippen LogP contribution in [0.15, 0.2) is 0 Å². The van der Waals surface area contributed by atoms with Gasteiger partial charge in [-0.3, -0.25) is 0 Å². The lowest BCUT2D eigenvalue weighted by Gasteiger charge is -2.22. The van der Waals surface area contributed by atoms with E-state index >= 15 is 0 Å². The van der Waals surface area contributed by atoms with Crippen molar-refractivity contribution in [2.75, 3.05) is 25.2 Å². The zero-order chi connectivity index (χ0) is 9.90. The van der Waals surface area contributed by atoms with E-state index in [1.54, 1.807) is 11.8 Å². The summed E-state index contributed by atoms with van der Waals surface area (Å²) in [6.07, 6.45) is 2.26. The number of hydrogen-bond donors (Lipinski definition) is 1. The van der Waals surface area contributed by atoms with Gasteiger partial charge in [0.25, 0.3) is 0 Å². The minimum Gasteiger partial charge on any atom is -0.348 e. The third-order valence-corrected chi connectivity index (χ3v) is 3.00. The van der Waals surface area contributed by atoms with E-state index in [1.165, 1.54) is 0 Å². The highest BCUT2D eigenvalue weighted by Crippen LogP contribution is 2.27. The summed E-state index contributed by atoms with van der Waals surface area (Å²) in [5, 5.41) is 0. The van der Waals surface area contributed by atoms with E-state index in [4.69, 9.17) is 15.2 Å². The standard InChI is InChI=1S/C9H19NO2S/c1-9(2)11-5-8(12-9)7(4-10)6-13-3/h7-8H,4-6,10H2,1-3H3. The van der Waals surface area contributed by atoms with Gasteiger partial charge in [-0.05, 0) is 32.4 Å². The average Bonchev–Trinajstić information content (AvgIpc) is 2.42. The molecule has 1 fully saturated rings. The Balaban J connectivity index is 2.43. The van der Waals surface area contributed by atoms with Crippen molar-refractivity contribution in [2.45, 2.75) is 25.7 Å². The van der Waals surface area contributed by atoms with Gasteiger partial charge in [0.05, 0.1) is 12.7 Å². The van der Waals surface area contributed by atoms with Gasteiger partial charge in [0.1, 0.15) is 0 Å². The van der Waals surface area contributed by atoms with Crippen molar-refractivity contribution in [1.82, 2.24) is 0 Å². The molecule has 2 N–H and O–H groups in total. The molecule has 1 aliphatic heterocycles. The van der Waals surface area contributed by atoms with Gasteiger partial charge in [0.2, 0.25) is 0 Å². The van der Waals surface area contributed by atoms with Crippen LogP contribution < -0.4 is 5.73 Å². The monoisotopic (exact) mass is 205 g/mol. The van der Waals surface area contributed by atoms with Crippen molar-refractivity contribution < 1.29 is 9.47 Å². The van der Waals surface area contributed by atoms with Gasteiger partial charge in [-0.15, -0.1) is 0 Å². The molecule has 3 nitrogen and oxygen atoms in total. The van der Waals surface area contributed by atoms with Crippen LogP contribution in [0.2, 0.25) is 0 Å². The summed E-state index contributed by atoms with van der Waals surface area (Å²) >= 11 is 1.81. The predicted molar refractivity (Wildman–Crippen MR) is 55.8 cm³/mol. The van der Waals surface area contributed by atoms with E-state index in [9.17, 15) is 0 Å². The third-order valence-electron chi connectivity index (χ3n) is 2.24. The number of thioether (sulfide) groups is 1. The van der Waals surface area contributed by atoms with Gasteiger partial charge in [-0.1, -0.05) is 0 Å². The Morgan fingerprint density at radius 3 is 2.69 bits per heavy atom. The third kappa shape index (κ3) is 3.13. The maximum absolute atomic E-state index is 5.74. The highest BCUT2D eigenvalue weighted by molar-refractivity contribution is 7.98. The fourth-order valence-corrected chi connectivity index (χ4v) is 2.27. The van der Waals surface area contributed by atoms with Crippen molar-refractivity contribution in [1.29, 1.82) is 0 Å². The van der Waals surface area contributed by atoms with Crippen molar-refractivity contribution >= 4 is 11.8 Å². The zero-order valence-corrected chi connectivity index (χ0v) is 9.39. The lowest BCUT2D eigenvalue weighted by Crippen LogP contribution is -2.33. The van der Waals surface area contributed by atoms with Gasteiger partial charge >= 0.3 is 0 Å². The maximum atomic E-state index is 5.74. The smallest absolute Gasteiger partial charge is 0.163 e. The first-order chi connectivity index (χ1) is 6.09. The lowest BCUT2D eigenvalue weighted by molar-refractivity contribution is -0.143. The van der Waals surface area contributed by atoms with E-state index in [0.717, 1.165) is 5.75 Å². The molecule has 0 saturated carbocycles. The highest BCUT2D eigenvalue weighted by Gasteiger charge is 2.36. The molecule has 2 atom stereocenters. The SMILES string of the molecule is CSCC(CN)C1COC(C)(C)O1. The van der Waals surface area contributed by atoms with Crippen LogP contribution in [0.5, 0.6) is 0 Å². The molecule has 0 bridgehead atoms. The molecule has 78 valence electrons. The molecular formula is C9H19NO2S. The normalized spacial score (nSPS) is 29.1. The van der Waals surface area contributed by atoms with Crippen LogP contribution in [-0.2, 0) is 9.47 Å². The quantitative estimate of drug-likeness (QED) is 0.746. The molecule has 13 heavy (non-hydrogen) atoms. The fourth-order valence-electron chi connectivity index (χ4n) is 1.49. The minimum atomic E-state index is -0.420. The van der Waals surface area contributed by atoms with E-state index < -0.39 is 5.79 Å². The summed E-state index contributed by atoms with van der Waals surface area (Å²) in [6.45, 7) is 5.24. The highest BCUT2D eigenvalue weighted by atomic mass is 32.2. The van der Waals surface area contributed by atoms with Crippen LogP contribution in [0.3, 0.4) is 0 Å². The molecule has 1 heterocycles. The Morgan fingerprint density at radius 2 is 2.31 bits per heavy atom. The number of nitrogens with two attached hydrogens (primary N) is 1. The van der Waals surface area contributed by atoms with Crippen LogP contribution in [0, 0.1) is 5.92 Å². The average molecular weight is 205 g/mol. The van der Waals surface area contributed by atoms with Crippen molar-refractivity contribution in [3.63, 3.8) is 0 Å². The summed E-state index contributed by atoms with van der Waals surface area (Å²) in [4.78, 5) is 0. The largest absolute Gasteiger partial charge is 0.348 e. The molecular weight excluding hydrogens is 186 g/mol. The first-order valence-corrected chi connectivity index (χ1v) is 5.99. The van der Waals surface area contributed by atoms with Crippen LogP contribution in [0.1, 0.15) is 13.8 Å². The Hall–Kier alpha value is 0.230. The van der Waals surface area contributed by atoms with Crippen LogP contribution in [0.4, 0.5) is 0 Å². The summed E-state index contributed by atoms with van der Waals surface area (Å²) in [5.74, 6) is 1.04. The Morgan fingerprint density at radius 1 is 1.62 bits per heavy atom. The number of rotatable bonds is 4. The Bertz CT molecular complexity index is 164. The van der Waals surface area contributed by atoms with Crippen molar-refractivity contribution in [2.24, 2.45) is 11.7 Å². The molecule has 2 unspecified atom stereocenters. The van der Waals surface area contributed by atoms with E-state index in [-0.39, 0.29) is 6.10 Å². The molecule has 1 aliphatic rings.